The largest absolute Gasteiger partial charge is 0.466 e. The number of ether oxygens (including phenoxy) is 1. The standard InChI is InChI=1S/C12H15BrClNO4S/c1-2-19-12(16)4-3-7-15-20(17,18)9-5-6-11(14)10(13)8-9/h5-6,8,15H,2-4,7H2,1H3. The lowest BCUT2D eigenvalue weighted by atomic mass is 10.3. The van der Waals surface area contributed by atoms with Gasteiger partial charge in [-0.1, -0.05) is 11.6 Å². The van der Waals surface area contributed by atoms with E-state index in [1.54, 1.807) is 6.92 Å². The molecule has 0 saturated carbocycles. The fourth-order valence-corrected chi connectivity index (χ4v) is 3.15. The van der Waals surface area contributed by atoms with Crippen LogP contribution in [-0.4, -0.2) is 27.5 Å². The predicted octanol–water partition coefficient (Wildman–Crippen LogP) is 2.72. The van der Waals surface area contributed by atoms with Gasteiger partial charge in [0.2, 0.25) is 10.0 Å². The van der Waals surface area contributed by atoms with Crippen molar-refractivity contribution in [3.63, 3.8) is 0 Å². The first-order valence-electron chi connectivity index (χ1n) is 5.97. The van der Waals surface area contributed by atoms with Gasteiger partial charge in [0.05, 0.1) is 16.5 Å². The number of sulfonamides is 1. The summed E-state index contributed by atoms with van der Waals surface area (Å²) in [4.78, 5) is 11.2. The highest BCUT2D eigenvalue weighted by Gasteiger charge is 2.15. The molecular weight excluding hydrogens is 370 g/mol. The van der Waals surface area contributed by atoms with Crippen LogP contribution in [0, 0.1) is 0 Å². The van der Waals surface area contributed by atoms with E-state index < -0.39 is 10.0 Å². The van der Waals surface area contributed by atoms with Crippen molar-refractivity contribution in [3.8, 4) is 0 Å². The monoisotopic (exact) mass is 383 g/mol. The summed E-state index contributed by atoms with van der Waals surface area (Å²) in [6, 6.07) is 4.34. The van der Waals surface area contributed by atoms with Crippen molar-refractivity contribution in [3.05, 3.63) is 27.7 Å². The van der Waals surface area contributed by atoms with Gasteiger partial charge in [0, 0.05) is 17.4 Å². The van der Waals surface area contributed by atoms with Crippen LogP contribution in [-0.2, 0) is 19.6 Å². The van der Waals surface area contributed by atoms with Crippen molar-refractivity contribution in [2.24, 2.45) is 0 Å². The number of hydrogen-bond donors (Lipinski definition) is 1. The van der Waals surface area contributed by atoms with Crippen LogP contribution in [0.3, 0.4) is 0 Å². The number of nitrogens with one attached hydrogen (secondary N) is 1. The molecule has 0 amide bonds. The Bertz CT molecular complexity index is 577. The number of carbonyl (C=O) groups is 1. The summed E-state index contributed by atoms with van der Waals surface area (Å²) in [5.41, 5.74) is 0. The molecule has 1 N–H and O–H groups in total. The van der Waals surface area contributed by atoms with E-state index in [2.05, 4.69) is 20.7 Å². The summed E-state index contributed by atoms with van der Waals surface area (Å²) in [6.45, 7) is 2.21. The summed E-state index contributed by atoms with van der Waals surface area (Å²) in [6.07, 6.45) is 0.563. The number of benzene rings is 1. The number of hydrogen-bond acceptors (Lipinski definition) is 4. The third kappa shape index (κ3) is 5.40. The topological polar surface area (TPSA) is 72.5 Å². The maximum Gasteiger partial charge on any atom is 0.305 e. The Balaban J connectivity index is 2.53. The van der Waals surface area contributed by atoms with Crippen molar-refractivity contribution in [2.75, 3.05) is 13.2 Å². The van der Waals surface area contributed by atoms with Crippen LogP contribution in [0.1, 0.15) is 19.8 Å². The van der Waals surface area contributed by atoms with Crippen molar-refractivity contribution in [1.29, 1.82) is 0 Å². The third-order valence-electron chi connectivity index (χ3n) is 2.36. The molecule has 0 aromatic heterocycles. The molecule has 0 fully saturated rings. The Labute approximate surface area is 131 Å². The minimum Gasteiger partial charge on any atom is -0.466 e. The first-order valence-corrected chi connectivity index (χ1v) is 8.62. The summed E-state index contributed by atoms with van der Waals surface area (Å²) < 4.78 is 31.6. The van der Waals surface area contributed by atoms with E-state index in [4.69, 9.17) is 16.3 Å². The highest BCUT2D eigenvalue weighted by molar-refractivity contribution is 9.10. The van der Waals surface area contributed by atoms with Gasteiger partial charge < -0.3 is 4.74 Å². The Kier molecular flexibility index (Phi) is 6.94. The van der Waals surface area contributed by atoms with Gasteiger partial charge in [0.1, 0.15) is 0 Å². The zero-order chi connectivity index (χ0) is 15.2. The second-order valence-electron chi connectivity index (χ2n) is 3.88. The van der Waals surface area contributed by atoms with Gasteiger partial charge in [-0.15, -0.1) is 0 Å². The number of carbonyl (C=O) groups excluding carboxylic acids is 1. The minimum absolute atomic E-state index is 0.116. The molecular formula is C12H15BrClNO4S. The van der Waals surface area contributed by atoms with E-state index in [9.17, 15) is 13.2 Å². The number of esters is 1. The van der Waals surface area contributed by atoms with Gasteiger partial charge in [-0.2, -0.15) is 0 Å². The highest BCUT2D eigenvalue weighted by Crippen LogP contribution is 2.25. The first-order chi connectivity index (χ1) is 9.36. The van der Waals surface area contributed by atoms with E-state index >= 15 is 0 Å². The zero-order valence-electron chi connectivity index (χ0n) is 10.9. The molecule has 1 aromatic rings. The van der Waals surface area contributed by atoms with Gasteiger partial charge in [-0.3, -0.25) is 4.79 Å². The molecule has 0 atom stereocenters. The number of halogens is 2. The molecule has 112 valence electrons. The lowest BCUT2D eigenvalue weighted by Gasteiger charge is -2.07. The first kappa shape index (κ1) is 17.4. The summed E-state index contributed by atoms with van der Waals surface area (Å²) in [7, 11) is -3.60. The van der Waals surface area contributed by atoms with Crippen LogP contribution < -0.4 is 4.72 Å². The van der Waals surface area contributed by atoms with Crippen LogP contribution in [0.15, 0.2) is 27.6 Å². The summed E-state index contributed by atoms with van der Waals surface area (Å²) >= 11 is 8.98. The molecule has 0 aliphatic carbocycles. The Morgan fingerprint density at radius 3 is 2.75 bits per heavy atom. The SMILES string of the molecule is CCOC(=O)CCCNS(=O)(=O)c1ccc(Cl)c(Br)c1. The maximum atomic E-state index is 12.0. The Morgan fingerprint density at radius 1 is 1.45 bits per heavy atom. The lowest BCUT2D eigenvalue weighted by Crippen LogP contribution is -2.25. The molecule has 20 heavy (non-hydrogen) atoms. The van der Waals surface area contributed by atoms with Crippen LogP contribution in [0.5, 0.6) is 0 Å². The van der Waals surface area contributed by atoms with Gasteiger partial charge in [-0.25, -0.2) is 13.1 Å². The molecule has 1 aromatic carbocycles. The van der Waals surface area contributed by atoms with Crippen LogP contribution in [0.4, 0.5) is 0 Å². The van der Waals surface area contributed by atoms with Gasteiger partial charge in [0.15, 0.2) is 0 Å². The Hall–Kier alpha value is -0.630. The molecule has 0 aliphatic heterocycles. The fourth-order valence-electron chi connectivity index (χ4n) is 1.40. The number of rotatable bonds is 7. The molecule has 0 spiro atoms. The fraction of sp³-hybridized carbons (Fsp3) is 0.417. The predicted molar refractivity (Wildman–Crippen MR) is 80.2 cm³/mol. The lowest BCUT2D eigenvalue weighted by molar-refractivity contribution is -0.143. The van der Waals surface area contributed by atoms with Crippen molar-refractivity contribution < 1.29 is 17.9 Å². The van der Waals surface area contributed by atoms with Crippen molar-refractivity contribution >= 4 is 43.5 Å². The molecule has 0 radical (unpaired) electrons. The second-order valence-corrected chi connectivity index (χ2v) is 6.91. The smallest absolute Gasteiger partial charge is 0.305 e. The highest BCUT2D eigenvalue weighted by atomic mass is 79.9. The van der Waals surface area contributed by atoms with Crippen LogP contribution >= 0.6 is 27.5 Å². The molecule has 5 nitrogen and oxygen atoms in total. The molecule has 1 rings (SSSR count). The molecule has 0 saturated heterocycles. The normalized spacial score (nSPS) is 11.3. The van der Waals surface area contributed by atoms with Crippen LogP contribution in [0.2, 0.25) is 5.02 Å². The Morgan fingerprint density at radius 2 is 2.15 bits per heavy atom. The summed E-state index contributed by atoms with van der Waals surface area (Å²) in [5, 5.41) is 0.436. The minimum atomic E-state index is -3.60. The van der Waals surface area contributed by atoms with Gasteiger partial charge in [0.25, 0.3) is 0 Å². The van der Waals surface area contributed by atoms with Gasteiger partial charge in [-0.05, 0) is 47.5 Å². The average molecular weight is 385 g/mol. The zero-order valence-corrected chi connectivity index (χ0v) is 14.0. The van der Waals surface area contributed by atoms with Crippen LogP contribution in [0.25, 0.3) is 0 Å². The van der Waals surface area contributed by atoms with E-state index in [-0.39, 0.29) is 23.8 Å². The van der Waals surface area contributed by atoms with E-state index in [0.29, 0.717) is 22.5 Å². The van der Waals surface area contributed by atoms with Crippen molar-refractivity contribution in [2.45, 2.75) is 24.7 Å². The van der Waals surface area contributed by atoms with E-state index in [1.807, 2.05) is 0 Å². The van der Waals surface area contributed by atoms with Gasteiger partial charge >= 0.3 is 5.97 Å². The van der Waals surface area contributed by atoms with Crippen molar-refractivity contribution in [1.82, 2.24) is 4.72 Å². The maximum absolute atomic E-state index is 12.0. The molecule has 0 aliphatic rings. The van der Waals surface area contributed by atoms with E-state index in [1.165, 1.54) is 18.2 Å². The second kappa shape index (κ2) is 7.97. The molecule has 0 bridgehead atoms. The van der Waals surface area contributed by atoms with E-state index in [0.717, 1.165) is 0 Å². The average Bonchev–Trinajstić information content (AvgIpc) is 2.38. The molecule has 0 heterocycles. The quantitative estimate of drug-likeness (QED) is 0.579. The molecule has 8 heteroatoms. The molecule has 0 unspecified atom stereocenters. The summed E-state index contributed by atoms with van der Waals surface area (Å²) in [5.74, 6) is -0.332. The third-order valence-corrected chi connectivity index (χ3v) is 5.03.